The molecule has 1 unspecified atom stereocenters. The minimum absolute atomic E-state index is 0.00609. The summed E-state index contributed by atoms with van der Waals surface area (Å²) in [6.07, 6.45) is -1.22. The van der Waals surface area contributed by atoms with E-state index in [1.807, 2.05) is 0 Å². The van der Waals surface area contributed by atoms with Crippen LogP contribution >= 0.6 is 11.6 Å². The van der Waals surface area contributed by atoms with Gasteiger partial charge in [0, 0.05) is 12.0 Å². The van der Waals surface area contributed by atoms with Gasteiger partial charge in [-0.15, -0.1) is 0 Å². The summed E-state index contributed by atoms with van der Waals surface area (Å²) in [5.41, 5.74) is 0.256. The molecule has 5 heteroatoms. The van der Waals surface area contributed by atoms with E-state index in [0.29, 0.717) is 0 Å². The Bertz CT molecular complexity index is 417. The standard InChI is InChI=1S/C12H13ClO4/c1-17-11(15)7-6-10(14)12(16)8-4-2-3-5-9(8)13/h2-5,10,14H,6-7H2,1H3. The van der Waals surface area contributed by atoms with Crippen LogP contribution in [0.5, 0.6) is 0 Å². The van der Waals surface area contributed by atoms with Gasteiger partial charge in [0.2, 0.25) is 0 Å². The second kappa shape index (κ2) is 6.37. The monoisotopic (exact) mass is 256 g/mol. The van der Waals surface area contributed by atoms with Crippen LogP contribution in [0.25, 0.3) is 0 Å². The fourth-order valence-electron chi connectivity index (χ4n) is 1.33. The van der Waals surface area contributed by atoms with Crippen molar-refractivity contribution in [1.29, 1.82) is 0 Å². The number of carbonyl (C=O) groups excluding carboxylic acids is 2. The molecule has 0 aliphatic rings. The molecule has 17 heavy (non-hydrogen) atoms. The lowest BCUT2D eigenvalue weighted by molar-refractivity contribution is -0.141. The SMILES string of the molecule is COC(=O)CCC(O)C(=O)c1ccccc1Cl. The molecule has 0 radical (unpaired) electrons. The van der Waals surface area contributed by atoms with Crippen LogP contribution in [0, 0.1) is 0 Å². The molecule has 0 aliphatic carbocycles. The van der Waals surface area contributed by atoms with Gasteiger partial charge in [0.25, 0.3) is 0 Å². The Morgan fingerprint density at radius 2 is 2.06 bits per heavy atom. The lowest BCUT2D eigenvalue weighted by Gasteiger charge is -2.09. The van der Waals surface area contributed by atoms with Gasteiger partial charge in [-0.25, -0.2) is 0 Å². The predicted molar refractivity (Wildman–Crippen MR) is 63.0 cm³/mol. The Kier molecular flexibility index (Phi) is 5.12. The molecule has 92 valence electrons. The van der Waals surface area contributed by atoms with E-state index in [2.05, 4.69) is 4.74 Å². The molecular weight excluding hydrogens is 244 g/mol. The normalized spacial score (nSPS) is 11.9. The average Bonchev–Trinajstić information content (AvgIpc) is 2.35. The zero-order valence-electron chi connectivity index (χ0n) is 9.35. The van der Waals surface area contributed by atoms with Crippen molar-refractivity contribution >= 4 is 23.4 Å². The molecule has 0 aromatic heterocycles. The summed E-state index contributed by atoms with van der Waals surface area (Å²) in [6.45, 7) is 0. The first-order valence-corrected chi connectivity index (χ1v) is 5.47. The van der Waals surface area contributed by atoms with E-state index >= 15 is 0 Å². The molecule has 0 amide bonds. The van der Waals surface area contributed by atoms with E-state index in [9.17, 15) is 14.7 Å². The Hall–Kier alpha value is -1.39. The Balaban J connectivity index is 2.64. The first-order valence-electron chi connectivity index (χ1n) is 5.10. The number of aliphatic hydroxyl groups excluding tert-OH is 1. The number of carbonyl (C=O) groups is 2. The highest BCUT2D eigenvalue weighted by molar-refractivity contribution is 6.34. The Morgan fingerprint density at radius 1 is 1.41 bits per heavy atom. The number of hydrogen-bond acceptors (Lipinski definition) is 4. The number of Topliss-reactive ketones (excluding diaryl/α,β-unsaturated/α-hetero) is 1. The average molecular weight is 257 g/mol. The minimum atomic E-state index is -1.24. The second-order valence-electron chi connectivity index (χ2n) is 3.47. The van der Waals surface area contributed by atoms with Gasteiger partial charge in [-0.3, -0.25) is 9.59 Å². The maximum Gasteiger partial charge on any atom is 0.305 e. The molecule has 0 fully saturated rings. The van der Waals surface area contributed by atoms with Crippen LogP contribution < -0.4 is 0 Å². The molecule has 0 aliphatic heterocycles. The summed E-state index contributed by atoms with van der Waals surface area (Å²) in [6, 6.07) is 6.46. The van der Waals surface area contributed by atoms with Crippen molar-refractivity contribution in [3.8, 4) is 0 Å². The van der Waals surface area contributed by atoms with Gasteiger partial charge < -0.3 is 9.84 Å². The third-order valence-corrected chi connectivity index (χ3v) is 2.62. The highest BCUT2D eigenvalue weighted by Crippen LogP contribution is 2.18. The summed E-state index contributed by atoms with van der Waals surface area (Å²) in [5, 5.41) is 9.91. The van der Waals surface area contributed by atoms with Gasteiger partial charge in [0.1, 0.15) is 6.10 Å². The van der Waals surface area contributed by atoms with Crippen LogP contribution in [0.2, 0.25) is 5.02 Å². The molecule has 0 bridgehead atoms. The number of aliphatic hydroxyl groups is 1. The fraction of sp³-hybridized carbons (Fsp3) is 0.333. The molecule has 1 atom stereocenters. The lowest BCUT2D eigenvalue weighted by atomic mass is 10.0. The highest BCUT2D eigenvalue weighted by Gasteiger charge is 2.20. The zero-order valence-corrected chi connectivity index (χ0v) is 10.1. The number of benzene rings is 1. The number of ether oxygens (including phenoxy) is 1. The third kappa shape index (κ3) is 3.84. The molecule has 1 aromatic rings. The maximum atomic E-state index is 11.8. The summed E-state index contributed by atoms with van der Waals surface area (Å²) < 4.78 is 4.42. The van der Waals surface area contributed by atoms with E-state index in [0.717, 1.165) is 0 Å². The topological polar surface area (TPSA) is 63.6 Å². The van der Waals surface area contributed by atoms with Crippen LogP contribution in [-0.4, -0.2) is 30.1 Å². The molecule has 0 spiro atoms. The van der Waals surface area contributed by atoms with Crippen molar-refractivity contribution in [3.63, 3.8) is 0 Å². The number of ketones is 1. The third-order valence-electron chi connectivity index (χ3n) is 2.29. The van der Waals surface area contributed by atoms with E-state index < -0.39 is 17.9 Å². The highest BCUT2D eigenvalue weighted by atomic mass is 35.5. The molecular formula is C12H13ClO4. The van der Waals surface area contributed by atoms with Crippen molar-refractivity contribution < 1.29 is 19.4 Å². The van der Waals surface area contributed by atoms with E-state index in [1.165, 1.54) is 13.2 Å². The van der Waals surface area contributed by atoms with Gasteiger partial charge in [-0.2, -0.15) is 0 Å². The first kappa shape index (κ1) is 13.7. The van der Waals surface area contributed by atoms with Crippen molar-refractivity contribution in [2.45, 2.75) is 18.9 Å². The Labute approximate surface area is 104 Å². The molecule has 4 nitrogen and oxygen atoms in total. The van der Waals surface area contributed by atoms with Crippen LogP contribution in [0.1, 0.15) is 23.2 Å². The molecule has 1 N–H and O–H groups in total. The van der Waals surface area contributed by atoms with Gasteiger partial charge >= 0.3 is 5.97 Å². The van der Waals surface area contributed by atoms with Crippen LogP contribution in [0.4, 0.5) is 0 Å². The van der Waals surface area contributed by atoms with Gasteiger partial charge in [0.05, 0.1) is 12.1 Å². The lowest BCUT2D eigenvalue weighted by Crippen LogP contribution is -2.22. The molecule has 0 saturated heterocycles. The number of rotatable bonds is 5. The van der Waals surface area contributed by atoms with Crippen LogP contribution in [0.15, 0.2) is 24.3 Å². The summed E-state index contributed by atoms with van der Waals surface area (Å²) in [7, 11) is 1.25. The number of methoxy groups -OCH3 is 1. The molecule has 0 saturated carbocycles. The number of halogens is 1. The Morgan fingerprint density at radius 3 is 2.65 bits per heavy atom. The van der Waals surface area contributed by atoms with E-state index in [1.54, 1.807) is 18.2 Å². The fourth-order valence-corrected chi connectivity index (χ4v) is 1.56. The smallest absolute Gasteiger partial charge is 0.305 e. The van der Waals surface area contributed by atoms with Crippen molar-refractivity contribution in [2.24, 2.45) is 0 Å². The molecule has 0 heterocycles. The predicted octanol–water partition coefficient (Wildman–Crippen LogP) is 1.84. The van der Waals surface area contributed by atoms with E-state index in [4.69, 9.17) is 11.6 Å². The van der Waals surface area contributed by atoms with Crippen molar-refractivity contribution in [2.75, 3.05) is 7.11 Å². The van der Waals surface area contributed by atoms with Crippen LogP contribution in [0.3, 0.4) is 0 Å². The minimum Gasteiger partial charge on any atom is -0.469 e. The molecule has 1 rings (SSSR count). The number of hydrogen-bond donors (Lipinski definition) is 1. The van der Waals surface area contributed by atoms with Crippen molar-refractivity contribution in [3.05, 3.63) is 34.9 Å². The summed E-state index contributed by atoms with van der Waals surface area (Å²) >= 11 is 5.83. The van der Waals surface area contributed by atoms with Gasteiger partial charge in [0.15, 0.2) is 5.78 Å². The molecule has 1 aromatic carbocycles. The second-order valence-corrected chi connectivity index (χ2v) is 3.88. The van der Waals surface area contributed by atoms with Gasteiger partial charge in [-0.1, -0.05) is 23.7 Å². The van der Waals surface area contributed by atoms with Crippen molar-refractivity contribution in [1.82, 2.24) is 0 Å². The zero-order chi connectivity index (χ0) is 12.8. The summed E-state index contributed by atoms with van der Waals surface area (Å²) in [5.74, 6) is -0.949. The quantitative estimate of drug-likeness (QED) is 0.645. The maximum absolute atomic E-state index is 11.8. The number of esters is 1. The first-order chi connectivity index (χ1) is 8.06. The summed E-state index contributed by atoms with van der Waals surface area (Å²) in [4.78, 5) is 22.7. The largest absolute Gasteiger partial charge is 0.469 e. The van der Waals surface area contributed by atoms with E-state index in [-0.39, 0.29) is 23.4 Å². The van der Waals surface area contributed by atoms with Crippen LogP contribution in [-0.2, 0) is 9.53 Å². The van der Waals surface area contributed by atoms with Gasteiger partial charge in [-0.05, 0) is 18.6 Å².